The van der Waals surface area contributed by atoms with Gasteiger partial charge in [-0.3, -0.25) is 0 Å². The molecule has 0 aliphatic carbocycles. The molecule has 0 bridgehead atoms. The van der Waals surface area contributed by atoms with Gasteiger partial charge >= 0.3 is 0 Å². The Bertz CT molecular complexity index is 370. The number of nitrogens with zero attached hydrogens (tertiary/aromatic N) is 2. The van der Waals surface area contributed by atoms with Crippen molar-refractivity contribution in [3.8, 4) is 6.07 Å². The quantitative estimate of drug-likeness (QED) is 0.667. The normalized spacial score (nSPS) is 15.5. The Labute approximate surface area is 139 Å². The van der Waals surface area contributed by atoms with E-state index in [1.54, 1.807) is 0 Å². The lowest BCUT2D eigenvalue weighted by atomic mass is 9.78. The minimum absolute atomic E-state index is 0.307. The Morgan fingerprint density at radius 3 is 1.82 bits per heavy atom. The average Bonchev–Trinajstić information content (AvgIpc) is 2.56. The number of likely N-dealkylation sites (tertiary alicyclic amines) is 1. The minimum atomic E-state index is 0.307. The Morgan fingerprint density at radius 1 is 1.05 bits per heavy atom. The van der Waals surface area contributed by atoms with Crippen LogP contribution in [0.3, 0.4) is 0 Å². The highest BCUT2D eigenvalue weighted by Gasteiger charge is 2.28. The molecular formula is C20H36N2. The van der Waals surface area contributed by atoms with E-state index in [1.165, 1.54) is 18.4 Å². The van der Waals surface area contributed by atoms with Crippen LogP contribution in [0.5, 0.6) is 0 Å². The summed E-state index contributed by atoms with van der Waals surface area (Å²) in [5, 5.41) is 8.59. The van der Waals surface area contributed by atoms with E-state index in [9.17, 15) is 0 Å². The van der Waals surface area contributed by atoms with Gasteiger partial charge in [0.05, 0.1) is 6.07 Å². The van der Waals surface area contributed by atoms with Crippen LogP contribution in [0.2, 0.25) is 0 Å². The molecule has 0 atom stereocenters. The molecule has 0 aromatic heterocycles. The number of hydrogen-bond donors (Lipinski definition) is 0. The van der Waals surface area contributed by atoms with Crippen LogP contribution in [-0.2, 0) is 0 Å². The molecule has 2 rings (SSSR count). The van der Waals surface area contributed by atoms with Crippen LogP contribution in [0, 0.1) is 23.7 Å². The maximum atomic E-state index is 8.59. The molecule has 126 valence electrons. The predicted molar refractivity (Wildman–Crippen MR) is 98.9 cm³/mol. The average molecular weight is 305 g/mol. The van der Waals surface area contributed by atoms with Crippen molar-refractivity contribution in [3.63, 3.8) is 0 Å². The van der Waals surface area contributed by atoms with Crippen molar-refractivity contribution in [1.29, 1.82) is 5.26 Å². The van der Waals surface area contributed by atoms with Crippen LogP contribution in [0.25, 0.3) is 0 Å². The second-order valence-electron chi connectivity index (χ2n) is 5.60. The van der Waals surface area contributed by atoms with Crippen molar-refractivity contribution < 1.29 is 0 Å². The number of benzene rings is 1. The highest BCUT2D eigenvalue weighted by molar-refractivity contribution is 5.11. The lowest BCUT2D eigenvalue weighted by molar-refractivity contribution is 0.143. The zero-order chi connectivity index (χ0) is 17.4. The van der Waals surface area contributed by atoms with Crippen molar-refractivity contribution in [2.75, 3.05) is 20.1 Å². The first-order chi connectivity index (χ1) is 10.6. The van der Waals surface area contributed by atoms with Crippen molar-refractivity contribution >= 4 is 0 Å². The molecular weight excluding hydrogens is 268 g/mol. The van der Waals surface area contributed by atoms with Gasteiger partial charge < -0.3 is 4.90 Å². The Hall–Kier alpha value is -1.33. The van der Waals surface area contributed by atoms with Gasteiger partial charge in [-0.15, -0.1) is 0 Å². The fourth-order valence-corrected chi connectivity index (χ4v) is 2.06. The molecule has 0 N–H and O–H groups in total. The van der Waals surface area contributed by atoms with E-state index in [2.05, 4.69) is 44.0 Å². The number of nitriles is 1. The highest BCUT2D eigenvalue weighted by Crippen LogP contribution is 2.33. The predicted octanol–water partition coefficient (Wildman–Crippen LogP) is 5.68. The van der Waals surface area contributed by atoms with Gasteiger partial charge in [-0.25, -0.2) is 0 Å². The maximum absolute atomic E-state index is 8.59. The summed E-state index contributed by atoms with van der Waals surface area (Å²) in [6.07, 6.45) is 3.08. The number of hydrogen-bond acceptors (Lipinski definition) is 2. The molecule has 1 aromatic rings. The molecule has 2 nitrogen and oxygen atoms in total. The minimum Gasteiger partial charge on any atom is -0.306 e. The molecule has 0 saturated carbocycles. The lowest BCUT2D eigenvalue weighted by Gasteiger charge is -2.36. The van der Waals surface area contributed by atoms with Gasteiger partial charge in [0, 0.05) is 6.42 Å². The van der Waals surface area contributed by atoms with E-state index in [4.69, 9.17) is 5.26 Å². The third kappa shape index (κ3) is 11.3. The molecule has 1 aliphatic heterocycles. The number of aryl methyl sites for hydroxylation is 1. The highest BCUT2D eigenvalue weighted by atomic mass is 15.1. The summed E-state index contributed by atoms with van der Waals surface area (Å²) in [5.41, 5.74) is 1.63. The van der Waals surface area contributed by atoms with Crippen molar-refractivity contribution in [3.05, 3.63) is 35.9 Å². The van der Waals surface area contributed by atoms with Crippen LogP contribution in [0.1, 0.15) is 59.4 Å². The van der Waals surface area contributed by atoms with Gasteiger partial charge in [0.1, 0.15) is 0 Å². The molecule has 0 amide bonds. The number of rotatable bonds is 1. The molecule has 0 spiro atoms. The summed E-state index contributed by atoms with van der Waals surface area (Å²) in [7, 11) is 2.14. The summed E-state index contributed by atoms with van der Waals surface area (Å²) in [6.45, 7) is 14.6. The standard InChI is InChI=1S/C9H16N2.C7H8.2C2H6/c1-9(3-6-10)4-7-11(2)8-5-9;1-7-5-3-2-4-6-7;2*1-2/h3-5,7-8H2,1-2H3;2-6H,1H3;2*1-2H3. The van der Waals surface area contributed by atoms with Gasteiger partial charge in [-0.1, -0.05) is 70.5 Å². The smallest absolute Gasteiger partial charge is 0.0627 e. The second-order valence-corrected chi connectivity index (χ2v) is 5.60. The maximum Gasteiger partial charge on any atom is 0.0627 e. The molecule has 1 aliphatic rings. The molecule has 0 unspecified atom stereocenters. The van der Waals surface area contributed by atoms with Crippen LogP contribution >= 0.6 is 0 Å². The summed E-state index contributed by atoms with van der Waals surface area (Å²) in [5.74, 6) is 0. The molecule has 1 fully saturated rings. The van der Waals surface area contributed by atoms with Crippen LogP contribution in [0.15, 0.2) is 30.3 Å². The van der Waals surface area contributed by atoms with E-state index in [0.29, 0.717) is 5.41 Å². The van der Waals surface area contributed by atoms with E-state index in [-0.39, 0.29) is 0 Å². The Balaban J connectivity index is 0. The van der Waals surface area contributed by atoms with Gasteiger partial charge in [0.15, 0.2) is 0 Å². The molecule has 1 aromatic carbocycles. The molecule has 1 saturated heterocycles. The zero-order valence-electron chi connectivity index (χ0n) is 15.8. The monoisotopic (exact) mass is 304 g/mol. The largest absolute Gasteiger partial charge is 0.306 e. The van der Waals surface area contributed by atoms with E-state index in [0.717, 1.165) is 19.5 Å². The lowest BCUT2D eigenvalue weighted by Crippen LogP contribution is -2.35. The SMILES string of the molecule is CC.CC.CN1CCC(C)(CC#N)CC1.Cc1ccccc1. The third-order valence-electron chi connectivity index (χ3n) is 3.64. The fraction of sp³-hybridized carbons (Fsp3) is 0.650. The molecule has 1 heterocycles. The first-order valence-electron chi connectivity index (χ1n) is 8.63. The Kier molecular flexibility index (Phi) is 15.2. The topological polar surface area (TPSA) is 27.0 Å². The first-order valence-corrected chi connectivity index (χ1v) is 8.63. The van der Waals surface area contributed by atoms with E-state index < -0.39 is 0 Å². The summed E-state index contributed by atoms with van der Waals surface area (Å²) in [6, 6.07) is 12.5. The van der Waals surface area contributed by atoms with E-state index >= 15 is 0 Å². The summed E-state index contributed by atoms with van der Waals surface area (Å²) in [4.78, 5) is 2.33. The van der Waals surface area contributed by atoms with Crippen LogP contribution in [-0.4, -0.2) is 25.0 Å². The molecule has 22 heavy (non-hydrogen) atoms. The van der Waals surface area contributed by atoms with Gasteiger partial charge in [0.25, 0.3) is 0 Å². The third-order valence-corrected chi connectivity index (χ3v) is 3.64. The van der Waals surface area contributed by atoms with Crippen molar-refractivity contribution in [1.82, 2.24) is 4.90 Å². The van der Waals surface area contributed by atoms with Crippen LogP contribution < -0.4 is 0 Å². The van der Waals surface area contributed by atoms with Crippen molar-refractivity contribution in [2.24, 2.45) is 5.41 Å². The molecule has 2 heteroatoms. The number of piperidine rings is 1. The van der Waals surface area contributed by atoms with Gasteiger partial charge in [0.2, 0.25) is 0 Å². The first kappa shape index (κ1) is 22.9. The molecule has 0 radical (unpaired) electrons. The zero-order valence-corrected chi connectivity index (χ0v) is 15.8. The van der Waals surface area contributed by atoms with Crippen molar-refractivity contribution in [2.45, 2.75) is 60.8 Å². The fourth-order valence-electron chi connectivity index (χ4n) is 2.06. The summed E-state index contributed by atoms with van der Waals surface area (Å²) >= 11 is 0. The van der Waals surface area contributed by atoms with Gasteiger partial charge in [-0.2, -0.15) is 5.26 Å². The summed E-state index contributed by atoms with van der Waals surface area (Å²) < 4.78 is 0. The second kappa shape index (κ2) is 14.6. The van der Waals surface area contributed by atoms with E-state index in [1.807, 2.05) is 45.9 Å². The van der Waals surface area contributed by atoms with Crippen LogP contribution in [0.4, 0.5) is 0 Å². The van der Waals surface area contributed by atoms with Gasteiger partial charge in [-0.05, 0) is 45.3 Å². The Morgan fingerprint density at radius 2 is 1.50 bits per heavy atom.